The summed E-state index contributed by atoms with van der Waals surface area (Å²) in [5.74, 6) is -0.395. The van der Waals surface area contributed by atoms with E-state index in [1.54, 1.807) is 30.4 Å². The van der Waals surface area contributed by atoms with Gasteiger partial charge in [0.2, 0.25) is 15.9 Å². The average molecular weight is 486 g/mol. The summed E-state index contributed by atoms with van der Waals surface area (Å²) in [7, 11) is -3.88. The van der Waals surface area contributed by atoms with Crippen molar-refractivity contribution >= 4 is 45.1 Å². The molecule has 1 aliphatic rings. The number of aryl methyl sites for hydroxylation is 3. The monoisotopic (exact) mass is 485 g/mol. The van der Waals surface area contributed by atoms with Gasteiger partial charge in [-0.1, -0.05) is 29.4 Å². The van der Waals surface area contributed by atoms with Crippen LogP contribution in [0.3, 0.4) is 0 Å². The highest BCUT2D eigenvalue weighted by atomic mass is 32.2. The van der Waals surface area contributed by atoms with Crippen LogP contribution in [-0.4, -0.2) is 36.9 Å². The number of aromatic nitrogens is 1. The van der Waals surface area contributed by atoms with Crippen LogP contribution in [0, 0.1) is 26.7 Å². The van der Waals surface area contributed by atoms with Crippen molar-refractivity contribution in [3.05, 3.63) is 63.2 Å². The summed E-state index contributed by atoms with van der Waals surface area (Å²) in [5, 5.41) is 8.86. The normalized spacial score (nSPS) is 17.5. The lowest BCUT2D eigenvalue weighted by atomic mass is 9.98. The minimum atomic E-state index is -3.88. The fourth-order valence-corrected chi connectivity index (χ4v) is 6.48. The van der Waals surface area contributed by atoms with Gasteiger partial charge in [-0.15, -0.1) is 11.3 Å². The van der Waals surface area contributed by atoms with E-state index in [1.807, 2.05) is 49.6 Å². The number of nitrogens with zero attached hydrogens (tertiary/aromatic N) is 2. The molecule has 1 aliphatic heterocycles. The SMILES string of the molecule is Cc1cccc(C)c1NC(=O)C1CCCN(S(=O)(=O)c2c(C)noc2C=Cc2cccs2)C1. The molecule has 4 rings (SSSR count). The number of amides is 1. The number of hydrogen-bond acceptors (Lipinski definition) is 6. The second-order valence-corrected chi connectivity index (χ2v) is 11.1. The summed E-state index contributed by atoms with van der Waals surface area (Å²) in [4.78, 5) is 14.1. The summed E-state index contributed by atoms with van der Waals surface area (Å²) in [6.45, 7) is 5.99. The number of hydrogen-bond donors (Lipinski definition) is 1. The molecule has 0 spiro atoms. The van der Waals surface area contributed by atoms with Crippen molar-refractivity contribution in [1.82, 2.24) is 9.46 Å². The Kier molecular flexibility index (Phi) is 6.83. The van der Waals surface area contributed by atoms with E-state index in [0.717, 1.165) is 21.7 Å². The number of sulfonamides is 1. The number of rotatable bonds is 6. The van der Waals surface area contributed by atoms with E-state index in [0.29, 0.717) is 25.1 Å². The van der Waals surface area contributed by atoms with Crippen molar-refractivity contribution in [2.24, 2.45) is 5.92 Å². The molecule has 0 bridgehead atoms. The van der Waals surface area contributed by atoms with Crippen LogP contribution < -0.4 is 5.32 Å². The number of benzene rings is 1. The first kappa shape index (κ1) is 23.4. The zero-order valence-electron chi connectivity index (χ0n) is 18.9. The minimum Gasteiger partial charge on any atom is -0.355 e. The van der Waals surface area contributed by atoms with Crippen molar-refractivity contribution in [2.75, 3.05) is 18.4 Å². The number of anilines is 1. The lowest BCUT2D eigenvalue weighted by Crippen LogP contribution is -2.44. The van der Waals surface area contributed by atoms with Crippen LogP contribution in [-0.2, 0) is 14.8 Å². The second-order valence-electron chi connectivity index (χ2n) is 8.27. The molecule has 174 valence electrons. The van der Waals surface area contributed by atoms with E-state index >= 15 is 0 Å². The van der Waals surface area contributed by atoms with Crippen LogP contribution in [0.15, 0.2) is 45.1 Å². The molecule has 9 heteroatoms. The Balaban J connectivity index is 1.54. The van der Waals surface area contributed by atoms with Gasteiger partial charge in [0.05, 0.1) is 5.92 Å². The van der Waals surface area contributed by atoms with Gasteiger partial charge in [-0.25, -0.2) is 8.42 Å². The molecule has 2 aromatic heterocycles. The van der Waals surface area contributed by atoms with Crippen LogP contribution in [0.25, 0.3) is 12.2 Å². The zero-order valence-corrected chi connectivity index (χ0v) is 20.5. The number of para-hydroxylation sites is 1. The van der Waals surface area contributed by atoms with Gasteiger partial charge in [0.15, 0.2) is 10.7 Å². The summed E-state index contributed by atoms with van der Waals surface area (Å²) >= 11 is 1.54. The first-order valence-electron chi connectivity index (χ1n) is 10.8. The molecule has 1 atom stereocenters. The van der Waals surface area contributed by atoms with Gasteiger partial charge in [0.1, 0.15) is 5.69 Å². The topological polar surface area (TPSA) is 92.5 Å². The third-order valence-corrected chi connectivity index (χ3v) is 8.72. The van der Waals surface area contributed by atoms with Crippen molar-refractivity contribution in [3.63, 3.8) is 0 Å². The Morgan fingerprint density at radius 3 is 2.64 bits per heavy atom. The molecule has 1 fully saturated rings. The lowest BCUT2D eigenvalue weighted by Gasteiger charge is -2.31. The van der Waals surface area contributed by atoms with Gasteiger partial charge in [-0.2, -0.15) is 4.31 Å². The summed E-state index contributed by atoms with van der Waals surface area (Å²) in [6.07, 6.45) is 4.68. The van der Waals surface area contributed by atoms with E-state index < -0.39 is 15.9 Å². The predicted molar refractivity (Wildman–Crippen MR) is 131 cm³/mol. The largest absolute Gasteiger partial charge is 0.355 e. The first-order chi connectivity index (χ1) is 15.8. The Hall–Kier alpha value is -2.75. The molecular formula is C24H27N3O4S2. The van der Waals surface area contributed by atoms with E-state index in [4.69, 9.17) is 4.52 Å². The lowest BCUT2D eigenvalue weighted by molar-refractivity contribution is -0.120. The standard InChI is InChI=1S/C24H27N3O4S2/c1-16-7-4-8-17(2)22(16)25-24(28)19-9-5-13-27(15-19)33(29,30)23-18(3)26-31-21(23)12-11-20-10-6-14-32-20/h4,6-8,10-12,14,19H,5,9,13,15H2,1-3H3,(H,25,28). The molecule has 1 aromatic carbocycles. The van der Waals surface area contributed by atoms with Crippen LogP contribution in [0.2, 0.25) is 0 Å². The highest BCUT2D eigenvalue weighted by Crippen LogP contribution is 2.30. The molecule has 0 radical (unpaired) electrons. The van der Waals surface area contributed by atoms with Gasteiger partial charge in [0.25, 0.3) is 0 Å². The van der Waals surface area contributed by atoms with E-state index in [9.17, 15) is 13.2 Å². The molecule has 33 heavy (non-hydrogen) atoms. The molecule has 7 nitrogen and oxygen atoms in total. The average Bonchev–Trinajstić information content (AvgIpc) is 3.44. The van der Waals surface area contributed by atoms with E-state index in [-0.39, 0.29) is 23.1 Å². The third-order valence-electron chi connectivity index (χ3n) is 5.86. The van der Waals surface area contributed by atoms with Crippen LogP contribution >= 0.6 is 11.3 Å². The quantitative estimate of drug-likeness (QED) is 0.538. The first-order valence-corrected chi connectivity index (χ1v) is 13.1. The molecule has 0 aliphatic carbocycles. The summed E-state index contributed by atoms with van der Waals surface area (Å²) in [5.41, 5.74) is 3.05. The maximum Gasteiger partial charge on any atom is 0.248 e. The maximum absolute atomic E-state index is 13.5. The third kappa shape index (κ3) is 4.95. The van der Waals surface area contributed by atoms with Crippen molar-refractivity contribution in [3.8, 4) is 0 Å². The van der Waals surface area contributed by atoms with Gasteiger partial charge in [0, 0.05) is 23.7 Å². The number of piperidine rings is 1. The molecule has 3 aromatic rings. The Bertz CT molecular complexity index is 1260. The predicted octanol–water partition coefficient (Wildman–Crippen LogP) is 4.87. The van der Waals surface area contributed by atoms with Crippen molar-refractivity contribution in [1.29, 1.82) is 0 Å². The number of carbonyl (C=O) groups is 1. The minimum absolute atomic E-state index is 0.0612. The van der Waals surface area contributed by atoms with Crippen LogP contribution in [0.1, 0.15) is 40.3 Å². The molecule has 1 amide bonds. The summed E-state index contributed by atoms with van der Waals surface area (Å²) < 4.78 is 33.8. The zero-order chi connectivity index (χ0) is 23.6. The van der Waals surface area contributed by atoms with Crippen molar-refractivity contribution in [2.45, 2.75) is 38.5 Å². The number of carbonyl (C=O) groups excluding carboxylic acids is 1. The molecule has 0 saturated carbocycles. The van der Waals surface area contributed by atoms with Gasteiger partial charge < -0.3 is 9.84 Å². The number of nitrogens with one attached hydrogen (secondary N) is 1. The van der Waals surface area contributed by atoms with E-state index in [2.05, 4.69) is 10.5 Å². The molecule has 3 heterocycles. The van der Waals surface area contributed by atoms with E-state index in [1.165, 1.54) is 4.31 Å². The van der Waals surface area contributed by atoms with Gasteiger partial charge in [-0.05, 0) is 68.3 Å². The fraction of sp³-hybridized carbons (Fsp3) is 0.333. The van der Waals surface area contributed by atoms with Crippen molar-refractivity contribution < 1.29 is 17.7 Å². The van der Waals surface area contributed by atoms with Crippen LogP contribution in [0.4, 0.5) is 5.69 Å². The Morgan fingerprint density at radius 2 is 1.94 bits per heavy atom. The van der Waals surface area contributed by atoms with Crippen LogP contribution in [0.5, 0.6) is 0 Å². The molecular weight excluding hydrogens is 458 g/mol. The number of thiophene rings is 1. The summed E-state index contributed by atoms with van der Waals surface area (Å²) in [6, 6.07) is 9.69. The molecule has 1 N–H and O–H groups in total. The highest BCUT2D eigenvalue weighted by Gasteiger charge is 2.37. The van der Waals surface area contributed by atoms with Gasteiger partial charge >= 0.3 is 0 Å². The second kappa shape index (κ2) is 9.62. The Morgan fingerprint density at radius 1 is 1.18 bits per heavy atom. The maximum atomic E-state index is 13.5. The van der Waals surface area contributed by atoms with Gasteiger partial charge in [-0.3, -0.25) is 4.79 Å². The fourth-order valence-electron chi connectivity index (χ4n) is 4.08. The highest BCUT2D eigenvalue weighted by molar-refractivity contribution is 7.89. The smallest absolute Gasteiger partial charge is 0.248 e. The molecule has 1 unspecified atom stereocenters. The molecule has 1 saturated heterocycles. The Labute approximate surface area is 198 Å².